The van der Waals surface area contributed by atoms with Crippen molar-refractivity contribution < 1.29 is 0 Å². The molecule has 1 aliphatic rings. The van der Waals surface area contributed by atoms with Gasteiger partial charge in [0, 0.05) is 44.6 Å². The summed E-state index contributed by atoms with van der Waals surface area (Å²) in [6, 6.07) is 12.6. The molecule has 0 bridgehead atoms. The Hall–Kier alpha value is -2.30. The zero-order valence-corrected chi connectivity index (χ0v) is 14.5. The highest BCUT2D eigenvalue weighted by Crippen LogP contribution is 2.19. The molecule has 0 spiro atoms. The summed E-state index contributed by atoms with van der Waals surface area (Å²) in [5.74, 6) is 1.77. The number of nitrogens with one attached hydrogen (secondary N) is 1. The van der Waals surface area contributed by atoms with Crippen molar-refractivity contribution in [3.05, 3.63) is 42.6 Å². The lowest BCUT2D eigenvalue weighted by Crippen LogP contribution is -2.46. The quantitative estimate of drug-likeness (QED) is 0.790. The van der Waals surface area contributed by atoms with E-state index in [4.69, 9.17) is 0 Å². The summed E-state index contributed by atoms with van der Waals surface area (Å²) in [5, 5.41) is 3.33. The highest BCUT2D eigenvalue weighted by atomic mass is 15.3. The Labute approximate surface area is 144 Å². The summed E-state index contributed by atoms with van der Waals surface area (Å²) in [5.41, 5.74) is 1.30. The average molecular weight is 325 g/mol. The molecule has 0 atom stereocenters. The predicted molar refractivity (Wildman–Crippen MR) is 101 cm³/mol. The second-order valence-corrected chi connectivity index (χ2v) is 6.18. The van der Waals surface area contributed by atoms with Gasteiger partial charge in [-0.3, -0.25) is 0 Å². The third-order valence-electron chi connectivity index (χ3n) is 4.43. The van der Waals surface area contributed by atoms with Gasteiger partial charge in [-0.25, -0.2) is 4.98 Å². The van der Waals surface area contributed by atoms with Crippen LogP contribution in [0.5, 0.6) is 0 Å². The highest BCUT2D eigenvalue weighted by Gasteiger charge is 2.18. The van der Waals surface area contributed by atoms with E-state index >= 15 is 0 Å². The predicted octanol–water partition coefficient (Wildman–Crippen LogP) is 3.41. The summed E-state index contributed by atoms with van der Waals surface area (Å²) >= 11 is 0. The van der Waals surface area contributed by atoms with E-state index in [9.17, 15) is 0 Å². The van der Waals surface area contributed by atoms with Crippen LogP contribution in [-0.4, -0.2) is 42.7 Å². The number of piperazine rings is 1. The van der Waals surface area contributed by atoms with Gasteiger partial charge in [0.2, 0.25) is 5.95 Å². The standard InChI is InChI=1S/C19H27N5/c1-2-3-7-11-20-19-21-12-10-18(22-19)24-15-13-23(14-16-24)17-8-5-4-6-9-17/h4-6,8-10,12H,2-3,7,11,13-16H2,1H3,(H,20,21,22). The normalized spacial score (nSPS) is 14.7. The first-order valence-electron chi connectivity index (χ1n) is 8.98. The monoisotopic (exact) mass is 325 g/mol. The van der Waals surface area contributed by atoms with Gasteiger partial charge >= 0.3 is 0 Å². The Morgan fingerprint density at radius 1 is 0.958 bits per heavy atom. The van der Waals surface area contributed by atoms with E-state index in [-0.39, 0.29) is 0 Å². The smallest absolute Gasteiger partial charge is 0.224 e. The van der Waals surface area contributed by atoms with Crippen LogP contribution >= 0.6 is 0 Å². The van der Waals surface area contributed by atoms with Gasteiger partial charge in [-0.15, -0.1) is 0 Å². The van der Waals surface area contributed by atoms with Crippen molar-refractivity contribution in [2.24, 2.45) is 0 Å². The van der Waals surface area contributed by atoms with Crippen LogP contribution < -0.4 is 15.1 Å². The van der Waals surface area contributed by atoms with E-state index in [1.807, 2.05) is 12.3 Å². The third-order valence-corrected chi connectivity index (χ3v) is 4.43. The Kier molecular flexibility index (Phi) is 5.88. The van der Waals surface area contributed by atoms with Crippen LogP contribution in [0.3, 0.4) is 0 Å². The summed E-state index contributed by atoms with van der Waals surface area (Å²) in [6.45, 7) is 7.17. The molecule has 0 saturated carbocycles. The van der Waals surface area contributed by atoms with Gasteiger partial charge in [-0.1, -0.05) is 38.0 Å². The van der Waals surface area contributed by atoms with E-state index in [1.54, 1.807) is 0 Å². The van der Waals surface area contributed by atoms with Crippen molar-refractivity contribution in [3.8, 4) is 0 Å². The Morgan fingerprint density at radius 2 is 1.71 bits per heavy atom. The molecule has 1 aliphatic heterocycles. The maximum Gasteiger partial charge on any atom is 0.224 e. The van der Waals surface area contributed by atoms with Gasteiger partial charge in [0.25, 0.3) is 0 Å². The molecule has 24 heavy (non-hydrogen) atoms. The van der Waals surface area contributed by atoms with Crippen LogP contribution in [0.4, 0.5) is 17.5 Å². The third kappa shape index (κ3) is 4.37. The zero-order chi connectivity index (χ0) is 16.6. The van der Waals surface area contributed by atoms with Crippen molar-refractivity contribution in [3.63, 3.8) is 0 Å². The second-order valence-electron chi connectivity index (χ2n) is 6.18. The van der Waals surface area contributed by atoms with Crippen molar-refractivity contribution in [1.29, 1.82) is 0 Å². The fourth-order valence-electron chi connectivity index (χ4n) is 3.02. The topological polar surface area (TPSA) is 44.3 Å². The van der Waals surface area contributed by atoms with E-state index < -0.39 is 0 Å². The lowest BCUT2D eigenvalue weighted by molar-refractivity contribution is 0.647. The number of hydrogen-bond acceptors (Lipinski definition) is 5. The van der Waals surface area contributed by atoms with Crippen LogP contribution in [0, 0.1) is 0 Å². The first-order valence-corrected chi connectivity index (χ1v) is 8.98. The highest BCUT2D eigenvalue weighted by molar-refractivity contribution is 5.49. The maximum atomic E-state index is 4.68. The number of hydrogen-bond donors (Lipinski definition) is 1. The fourth-order valence-corrected chi connectivity index (χ4v) is 3.02. The molecule has 5 nitrogen and oxygen atoms in total. The summed E-state index contributed by atoms with van der Waals surface area (Å²) in [4.78, 5) is 13.8. The van der Waals surface area contributed by atoms with Gasteiger partial charge in [-0.05, 0) is 24.6 Å². The molecule has 0 radical (unpaired) electrons. The molecule has 1 N–H and O–H groups in total. The van der Waals surface area contributed by atoms with Crippen molar-refractivity contribution >= 4 is 17.5 Å². The number of anilines is 3. The van der Waals surface area contributed by atoms with Crippen LogP contribution in [0.25, 0.3) is 0 Å². The van der Waals surface area contributed by atoms with Gasteiger partial charge in [0.15, 0.2) is 0 Å². The SMILES string of the molecule is CCCCCNc1nccc(N2CCN(c3ccccc3)CC2)n1. The largest absolute Gasteiger partial charge is 0.368 e. The van der Waals surface area contributed by atoms with Gasteiger partial charge in [0.1, 0.15) is 5.82 Å². The van der Waals surface area contributed by atoms with Gasteiger partial charge in [0.05, 0.1) is 0 Å². The number of rotatable bonds is 7. The number of unbranched alkanes of at least 4 members (excludes halogenated alkanes) is 2. The molecule has 1 fully saturated rings. The molecule has 2 aromatic rings. The molecular weight excluding hydrogens is 298 g/mol. The van der Waals surface area contributed by atoms with Crippen LogP contribution in [0.2, 0.25) is 0 Å². The molecule has 0 aliphatic carbocycles. The minimum Gasteiger partial charge on any atom is -0.368 e. The number of benzene rings is 1. The molecule has 0 unspecified atom stereocenters. The number of aromatic nitrogens is 2. The molecule has 3 rings (SSSR count). The summed E-state index contributed by atoms with van der Waals surface area (Å²) in [7, 11) is 0. The molecular formula is C19H27N5. The second kappa shape index (κ2) is 8.52. The van der Waals surface area contributed by atoms with E-state index in [0.717, 1.165) is 44.5 Å². The fraction of sp³-hybridized carbons (Fsp3) is 0.474. The summed E-state index contributed by atoms with van der Waals surface area (Å²) < 4.78 is 0. The zero-order valence-electron chi connectivity index (χ0n) is 14.5. The molecule has 128 valence electrons. The van der Waals surface area contributed by atoms with Gasteiger partial charge in [-0.2, -0.15) is 4.98 Å². The lowest BCUT2D eigenvalue weighted by atomic mass is 10.2. The maximum absolute atomic E-state index is 4.68. The number of para-hydroxylation sites is 1. The van der Waals surface area contributed by atoms with Crippen molar-refractivity contribution in [2.45, 2.75) is 26.2 Å². The van der Waals surface area contributed by atoms with Crippen molar-refractivity contribution in [1.82, 2.24) is 9.97 Å². The first-order chi connectivity index (χ1) is 11.9. The Balaban J connectivity index is 1.54. The van der Waals surface area contributed by atoms with Crippen LogP contribution in [0.15, 0.2) is 42.6 Å². The lowest BCUT2D eigenvalue weighted by Gasteiger charge is -2.36. The molecule has 2 heterocycles. The number of nitrogens with zero attached hydrogens (tertiary/aromatic N) is 4. The molecule has 1 aromatic heterocycles. The summed E-state index contributed by atoms with van der Waals surface area (Å²) in [6.07, 6.45) is 5.50. The first kappa shape index (κ1) is 16.6. The van der Waals surface area contributed by atoms with Crippen LogP contribution in [-0.2, 0) is 0 Å². The molecule has 1 aromatic carbocycles. The Bertz CT molecular complexity index is 608. The van der Waals surface area contributed by atoms with E-state index in [0.29, 0.717) is 0 Å². The van der Waals surface area contributed by atoms with E-state index in [2.05, 4.69) is 62.3 Å². The van der Waals surface area contributed by atoms with E-state index in [1.165, 1.54) is 24.9 Å². The van der Waals surface area contributed by atoms with Gasteiger partial charge < -0.3 is 15.1 Å². The molecule has 0 amide bonds. The Morgan fingerprint density at radius 3 is 2.46 bits per heavy atom. The van der Waals surface area contributed by atoms with Crippen molar-refractivity contribution in [2.75, 3.05) is 47.8 Å². The minimum absolute atomic E-state index is 0.745. The molecule has 1 saturated heterocycles. The average Bonchev–Trinajstić information content (AvgIpc) is 2.66. The van der Waals surface area contributed by atoms with Crippen LogP contribution in [0.1, 0.15) is 26.2 Å². The molecule has 5 heteroatoms. The minimum atomic E-state index is 0.745.